The van der Waals surface area contributed by atoms with Crippen LogP contribution in [-0.2, 0) is 0 Å². The first kappa shape index (κ1) is 13.9. The lowest BCUT2D eigenvalue weighted by molar-refractivity contribution is 0.621. The van der Waals surface area contributed by atoms with Gasteiger partial charge in [0.05, 0.1) is 21.2 Å². The van der Waals surface area contributed by atoms with Crippen molar-refractivity contribution in [2.24, 2.45) is 0 Å². The Morgan fingerprint density at radius 1 is 1.24 bits per heavy atom. The van der Waals surface area contributed by atoms with Gasteiger partial charge in [-0.1, -0.05) is 6.07 Å². The summed E-state index contributed by atoms with van der Waals surface area (Å²) in [5.41, 5.74) is 1.21. The fourth-order valence-electron chi connectivity index (χ4n) is 2.15. The molecule has 3 rings (SSSR count). The monoisotopic (exact) mass is 365 g/mol. The van der Waals surface area contributed by atoms with Crippen LogP contribution in [0, 0.1) is 27.7 Å². The van der Waals surface area contributed by atoms with Gasteiger partial charge in [0.2, 0.25) is 0 Å². The minimum Gasteiger partial charge on any atom is -0.330 e. The quantitative estimate of drug-likeness (QED) is 0.640. The maximum atomic E-state index is 13.8. The smallest absolute Gasteiger partial charge is 0.182 e. The van der Waals surface area contributed by atoms with Crippen LogP contribution < -0.4 is 0 Å². The molecule has 0 aliphatic rings. The van der Waals surface area contributed by atoms with Crippen LogP contribution in [0.15, 0.2) is 34.8 Å². The number of aromatic nitrogens is 2. The van der Waals surface area contributed by atoms with Crippen molar-refractivity contribution in [1.29, 1.82) is 5.26 Å². The normalized spacial score (nSPS) is 10.8. The summed E-state index contributed by atoms with van der Waals surface area (Å²) in [6, 6.07) is 8.93. The first-order valence-electron chi connectivity index (χ1n) is 5.81. The van der Waals surface area contributed by atoms with Crippen LogP contribution in [0.5, 0.6) is 0 Å². The number of nitrogens with zero attached hydrogens (tertiary/aromatic N) is 2. The maximum absolute atomic E-state index is 13.8. The predicted octanol–water partition coefficient (Wildman–Crippen LogP) is 4.60. The standard InChI is InChI=1S/C14H6BrF2N3S/c15-8-4-13-11(5-10(8)17)19-14(21)20(13)12-3-1-2-9(16)7(12)6-18/h1-5H,(H,19,21). The number of H-pyrrole nitrogens is 1. The zero-order valence-electron chi connectivity index (χ0n) is 10.3. The van der Waals surface area contributed by atoms with Gasteiger partial charge in [0, 0.05) is 6.07 Å². The van der Waals surface area contributed by atoms with Crippen LogP contribution >= 0.6 is 28.1 Å². The zero-order valence-corrected chi connectivity index (χ0v) is 12.7. The van der Waals surface area contributed by atoms with Gasteiger partial charge in [-0.15, -0.1) is 0 Å². The number of nitriles is 1. The Bertz CT molecular complexity index is 969. The Hall–Kier alpha value is -2.04. The van der Waals surface area contributed by atoms with Crippen LogP contribution in [0.4, 0.5) is 8.78 Å². The molecular formula is C14H6BrF2N3S. The van der Waals surface area contributed by atoms with E-state index in [-0.39, 0.29) is 14.8 Å². The van der Waals surface area contributed by atoms with Gasteiger partial charge >= 0.3 is 0 Å². The first-order chi connectivity index (χ1) is 10.0. The molecule has 0 aliphatic heterocycles. The Morgan fingerprint density at radius 2 is 2.00 bits per heavy atom. The van der Waals surface area contributed by atoms with E-state index in [4.69, 9.17) is 17.5 Å². The molecule has 1 aromatic heterocycles. The van der Waals surface area contributed by atoms with Crippen LogP contribution in [0.2, 0.25) is 0 Å². The number of fused-ring (bicyclic) bond motifs is 1. The lowest BCUT2D eigenvalue weighted by Gasteiger charge is -2.07. The molecule has 0 radical (unpaired) electrons. The van der Waals surface area contributed by atoms with E-state index in [0.717, 1.165) is 0 Å². The molecule has 1 N–H and O–H groups in total. The fraction of sp³-hybridized carbons (Fsp3) is 0. The van der Waals surface area contributed by atoms with Crippen LogP contribution in [0.3, 0.4) is 0 Å². The molecule has 0 amide bonds. The van der Waals surface area contributed by atoms with Crippen molar-refractivity contribution in [1.82, 2.24) is 9.55 Å². The van der Waals surface area contributed by atoms with Crippen molar-refractivity contribution >= 4 is 39.2 Å². The Kier molecular flexibility index (Phi) is 3.35. The lowest BCUT2D eigenvalue weighted by atomic mass is 10.1. The van der Waals surface area contributed by atoms with E-state index in [2.05, 4.69) is 20.9 Å². The molecule has 1 heterocycles. The highest BCUT2D eigenvalue weighted by atomic mass is 79.9. The molecule has 0 atom stereocenters. The Morgan fingerprint density at radius 3 is 2.71 bits per heavy atom. The number of aromatic amines is 1. The van der Waals surface area contributed by atoms with Crippen molar-refractivity contribution in [3.63, 3.8) is 0 Å². The topological polar surface area (TPSA) is 44.5 Å². The molecule has 0 bridgehead atoms. The SMILES string of the molecule is N#Cc1c(F)cccc1-n1c(=S)[nH]c2cc(F)c(Br)cc21. The van der Waals surface area contributed by atoms with E-state index in [0.29, 0.717) is 16.7 Å². The third-order valence-corrected chi connectivity index (χ3v) is 3.96. The Balaban J connectivity index is 2.44. The fourth-order valence-corrected chi connectivity index (χ4v) is 2.79. The highest BCUT2D eigenvalue weighted by Gasteiger charge is 2.15. The largest absolute Gasteiger partial charge is 0.330 e. The van der Waals surface area contributed by atoms with Crippen LogP contribution in [-0.4, -0.2) is 9.55 Å². The summed E-state index contributed by atoms with van der Waals surface area (Å²) >= 11 is 8.32. The highest BCUT2D eigenvalue weighted by molar-refractivity contribution is 9.10. The van der Waals surface area contributed by atoms with Crippen molar-refractivity contribution in [3.8, 4) is 11.8 Å². The minimum absolute atomic E-state index is 0.116. The molecule has 7 heteroatoms. The van der Waals surface area contributed by atoms with E-state index in [1.54, 1.807) is 6.07 Å². The molecule has 3 nitrogen and oxygen atoms in total. The van der Waals surface area contributed by atoms with E-state index in [1.807, 2.05) is 6.07 Å². The predicted molar refractivity (Wildman–Crippen MR) is 80.8 cm³/mol. The summed E-state index contributed by atoms with van der Waals surface area (Å²) in [6.07, 6.45) is 0. The number of benzene rings is 2. The third kappa shape index (κ3) is 2.17. The lowest BCUT2D eigenvalue weighted by Crippen LogP contribution is -2.00. The average molecular weight is 366 g/mol. The first-order valence-corrected chi connectivity index (χ1v) is 7.02. The molecular weight excluding hydrogens is 360 g/mol. The highest BCUT2D eigenvalue weighted by Crippen LogP contribution is 2.27. The van der Waals surface area contributed by atoms with E-state index in [1.165, 1.54) is 28.8 Å². The van der Waals surface area contributed by atoms with Gasteiger partial charge in [-0.05, 0) is 46.3 Å². The van der Waals surface area contributed by atoms with Crippen molar-refractivity contribution in [3.05, 3.63) is 56.8 Å². The second-order valence-electron chi connectivity index (χ2n) is 4.29. The molecule has 0 spiro atoms. The van der Waals surface area contributed by atoms with E-state index >= 15 is 0 Å². The van der Waals surface area contributed by atoms with Crippen molar-refractivity contribution < 1.29 is 8.78 Å². The maximum Gasteiger partial charge on any atom is 0.182 e. The molecule has 0 aliphatic carbocycles. The van der Waals surface area contributed by atoms with Crippen molar-refractivity contribution in [2.45, 2.75) is 0 Å². The number of hydrogen-bond donors (Lipinski definition) is 1. The second kappa shape index (κ2) is 5.06. The van der Waals surface area contributed by atoms with Crippen LogP contribution in [0.1, 0.15) is 5.56 Å². The van der Waals surface area contributed by atoms with Gasteiger partial charge in [-0.2, -0.15) is 5.26 Å². The number of halogens is 3. The van der Waals surface area contributed by atoms with Gasteiger partial charge in [0.25, 0.3) is 0 Å². The third-order valence-electron chi connectivity index (χ3n) is 3.07. The number of imidazole rings is 1. The van der Waals surface area contributed by atoms with Crippen LogP contribution in [0.25, 0.3) is 16.7 Å². The molecule has 3 aromatic rings. The molecule has 104 valence electrons. The summed E-state index contributed by atoms with van der Waals surface area (Å²) < 4.78 is 29.4. The zero-order chi connectivity index (χ0) is 15.1. The van der Waals surface area contributed by atoms with Crippen molar-refractivity contribution in [2.75, 3.05) is 0 Å². The molecule has 0 unspecified atom stereocenters. The van der Waals surface area contributed by atoms with E-state index in [9.17, 15) is 8.78 Å². The van der Waals surface area contributed by atoms with Gasteiger partial charge in [-0.3, -0.25) is 4.57 Å². The number of nitrogens with one attached hydrogen (secondary N) is 1. The molecule has 0 saturated heterocycles. The molecule has 0 fully saturated rings. The summed E-state index contributed by atoms with van der Waals surface area (Å²) in [5, 5.41) is 9.14. The number of rotatable bonds is 1. The minimum atomic E-state index is -0.632. The van der Waals surface area contributed by atoms with Gasteiger partial charge < -0.3 is 4.98 Å². The summed E-state index contributed by atoms with van der Waals surface area (Å²) in [5.74, 6) is -1.07. The van der Waals surface area contributed by atoms with E-state index < -0.39 is 11.6 Å². The molecule has 0 saturated carbocycles. The summed E-state index contributed by atoms with van der Waals surface area (Å²) in [7, 11) is 0. The van der Waals surface area contributed by atoms with Gasteiger partial charge in [0.15, 0.2) is 4.77 Å². The van der Waals surface area contributed by atoms with Gasteiger partial charge in [0.1, 0.15) is 23.3 Å². The van der Waals surface area contributed by atoms with Gasteiger partial charge in [-0.25, -0.2) is 8.78 Å². The Labute approximate surface area is 131 Å². The molecule has 2 aromatic carbocycles. The second-order valence-corrected chi connectivity index (χ2v) is 5.54. The summed E-state index contributed by atoms with van der Waals surface area (Å²) in [4.78, 5) is 2.85. The average Bonchev–Trinajstić information content (AvgIpc) is 2.74. The molecule has 21 heavy (non-hydrogen) atoms. The number of hydrogen-bond acceptors (Lipinski definition) is 2. The summed E-state index contributed by atoms with van der Waals surface area (Å²) in [6.45, 7) is 0.